The Morgan fingerprint density at radius 2 is 1.81 bits per heavy atom. The lowest BCUT2D eigenvalue weighted by Gasteiger charge is -2.37. The molecule has 2 aliphatic rings. The molecule has 0 bridgehead atoms. The highest BCUT2D eigenvalue weighted by molar-refractivity contribution is 5.43. The maximum atomic E-state index is 13.3. The van der Waals surface area contributed by atoms with Crippen molar-refractivity contribution in [2.45, 2.75) is 25.1 Å². The Bertz CT molecular complexity index is 898. The minimum absolute atomic E-state index is 0.121. The summed E-state index contributed by atoms with van der Waals surface area (Å²) < 4.78 is 58.3. The fraction of sp³-hybridized carbons (Fsp3) is 0.500. The van der Waals surface area contributed by atoms with Gasteiger partial charge in [0.2, 0.25) is 0 Å². The van der Waals surface area contributed by atoms with Crippen molar-refractivity contribution in [2.24, 2.45) is 5.92 Å². The van der Waals surface area contributed by atoms with Crippen LogP contribution in [-0.2, 0) is 6.42 Å². The van der Waals surface area contributed by atoms with Crippen molar-refractivity contribution in [1.29, 1.82) is 0 Å². The summed E-state index contributed by atoms with van der Waals surface area (Å²) in [5, 5.41) is 9.87. The number of halogens is 4. The third-order valence-corrected chi connectivity index (χ3v) is 6.18. The van der Waals surface area contributed by atoms with Crippen LogP contribution in [0.15, 0.2) is 42.5 Å². The van der Waals surface area contributed by atoms with Crippen LogP contribution in [0.25, 0.3) is 0 Å². The van der Waals surface area contributed by atoms with Crippen molar-refractivity contribution >= 4 is 0 Å². The quantitative estimate of drug-likeness (QED) is 0.625. The van der Waals surface area contributed by atoms with Crippen LogP contribution in [-0.4, -0.2) is 67.1 Å². The van der Waals surface area contributed by atoms with E-state index in [0.717, 1.165) is 36.3 Å². The Hall–Kier alpha value is -2.32. The lowest BCUT2D eigenvalue weighted by Crippen LogP contribution is -2.49. The Morgan fingerprint density at radius 3 is 2.50 bits per heavy atom. The first-order valence-corrected chi connectivity index (χ1v) is 11.0. The molecule has 1 N–H and O–H groups in total. The highest BCUT2D eigenvalue weighted by atomic mass is 19.4. The van der Waals surface area contributed by atoms with Crippen molar-refractivity contribution in [3.63, 3.8) is 0 Å². The van der Waals surface area contributed by atoms with Crippen molar-refractivity contribution in [1.82, 2.24) is 9.80 Å². The second kappa shape index (κ2) is 9.67. The molecule has 1 fully saturated rings. The summed E-state index contributed by atoms with van der Waals surface area (Å²) >= 11 is 0. The minimum Gasteiger partial charge on any atom is -0.508 e. The molecule has 0 spiro atoms. The Kier molecular flexibility index (Phi) is 6.90. The van der Waals surface area contributed by atoms with E-state index in [4.69, 9.17) is 4.74 Å². The number of fused-ring (bicyclic) bond motifs is 1. The van der Waals surface area contributed by atoms with Gasteiger partial charge < -0.3 is 9.84 Å². The van der Waals surface area contributed by atoms with Crippen LogP contribution in [0.1, 0.15) is 29.2 Å². The summed E-state index contributed by atoms with van der Waals surface area (Å²) in [5.74, 6) is 0.909. The lowest BCUT2D eigenvalue weighted by molar-refractivity contribution is -0.149. The highest BCUT2D eigenvalue weighted by Crippen LogP contribution is 2.38. The number of hydrogen-bond donors (Lipinski definition) is 1. The molecule has 0 amide bonds. The zero-order chi connectivity index (χ0) is 22.7. The van der Waals surface area contributed by atoms with Crippen molar-refractivity contribution in [2.75, 3.05) is 46.0 Å². The van der Waals surface area contributed by atoms with E-state index in [1.165, 1.54) is 11.0 Å². The number of likely N-dealkylation sites (tertiary alicyclic amines) is 1. The number of phenolic OH excluding ortho intramolecular Hbond substituents is 1. The average molecular weight is 452 g/mol. The van der Waals surface area contributed by atoms with Gasteiger partial charge in [-0.2, -0.15) is 13.2 Å². The van der Waals surface area contributed by atoms with Crippen LogP contribution in [0.5, 0.6) is 11.5 Å². The van der Waals surface area contributed by atoms with Gasteiger partial charge in [-0.1, -0.05) is 18.2 Å². The molecule has 1 unspecified atom stereocenters. The molecule has 0 aliphatic carbocycles. The largest absolute Gasteiger partial charge is 0.508 e. The van der Waals surface area contributed by atoms with Gasteiger partial charge in [-0.15, -0.1) is 0 Å². The third kappa shape index (κ3) is 5.53. The first-order chi connectivity index (χ1) is 15.3. The maximum Gasteiger partial charge on any atom is 0.401 e. The van der Waals surface area contributed by atoms with E-state index in [1.54, 1.807) is 24.3 Å². The SMILES string of the molecule is Oc1ccc2c(c1)CCCN(CC(F)(F)F)C2c1ccc(OCCN2CC(CF)C2)cc1. The highest BCUT2D eigenvalue weighted by Gasteiger charge is 2.36. The first-order valence-electron chi connectivity index (χ1n) is 11.0. The van der Waals surface area contributed by atoms with Gasteiger partial charge >= 0.3 is 6.18 Å². The minimum atomic E-state index is -4.30. The number of hydrogen-bond acceptors (Lipinski definition) is 4. The van der Waals surface area contributed by atoms with Gasteiger partial charge in [-0.3, -0.25) is 14.2 Å². The monoisotopic (exact) mass is 452 g/mol. The second-order valence-electron chi connectivity index (χ2n) is 8.67. The van der Waals surface area contributed by atoms with Crippen LogP contribution in [0.4, 0.5) is 17.6 Å². The summed E-state index contributed by atoms with van der Waals surface area (Å²) in [7, 11) is 0. The first kappa shape index (κ1) is 22.9. The number of nitrogens with zero attached hydrogens (tertiary/aromatic N) is 2. The Balaban J connectivity index is 1.49. The third-order valence-electron chi connectivity index (χ3n) is 6.18. The molecule has 1 saturated heterocycles. The van der Waals surface area contributed by atoms with Crippen LogP contribution < -0.4 is 4.74 Å². The van der Waals surface area contributed by atoms with Crippen LogP contribution in [0, 0.1) is 5.92 Å². The number of rotatable bonds is 7. The summed E-state index contributed by atoms with van der Waals surface area (Å²) in [6, 6.07) is 11.6. The van der Waals surface area contributed by atoms with Gasteiger partial charge in [0.15, 0.2) is 0 Å². The van der Waals surface area contributed by atoms with Gasteiger partial charge in [0.1, 0.15) is 18.1 Å². The number of aryl methyl sites for hydroxylation is 1. The van der Waals surface area contributed by atoms with Gasteiger partial charge in [0, 0.05) is 25.6 Å². The molecule has 2 aromatic carbocycles. The normalized spacial score (nSPS) is 20.4. The van der Waals surface area contributed by atoms with E-state index >= 15 is 0 Å². The summed E-state index contributed by atoms with van der Waals surface area (Å²) in [6.07, 6.45) is -3.10. The summed E-state index contributed by atoms with van der Waals surface area (Å²) in [6.45, 7) is 1.74. The fourth-order valence-electron chi connectivity index (χ4n) is 4.66. The fourth-order valence-corrected chi connectivity index (χ4v) is 4.66. The van der Waals surface area contributed by atoms with Gasteiger partial charge in [-0.25, -0.2) is 0 Å². The lowest BCUT2D eigenvalue weighted by atomic mass is 9.93. The number of alkyl halides is 4. The van der Waals surface area contributed by atoms with Crippen molar-refractivity contribution < 1.29 is 27.4 Å². The van der Waals surface area contributed by atoms with Gasteiger partial charge in [0.05, 0.1) is 19.3 Å². The van der Waals surface area contributed by atoms with E-state index in [0.29, 0.717) is 31.7 Å². The molecule has 0 saturated carbocycles. The molecule has 4 nitrogen and oxygen atoms in total. The second-order valence-corrected chi connectivity index (χ2v) is 8.67. The van der Waals surface area contributed by atoms with Crippen LogP contribution in [0.2, 0.25) is 0 Å². The molecule has 1 atom stereocenters. The standard InChI is InChI=1S/C24H28F4N2O2/c25-13-17-14-29(15-17)10-11-32-21-6-3-18(4-7-21)23-22-8-5-20(31)12-19(22)2-1-9-30(23)16-24(26,27)28/h3-8,12,17,23,31H,1-2,9-11,13-16H2. The number of aromatic hydroxyl groups is 1. The zero-order valence-corrected chi connectivity index (χ0v) is 17.8. The van der Waals surface area contributed by atoms with Crippen molar-refractivity contribution in [3.8, 4) is 11.5 Å². The molecule has 2 heterocycles. The molecule has 0 radical (unpaired) electrons. The summed E-state index contributed by atoms with van der Waals surface area (Å²) in [4.78, 5) is 3.59. The number of ether oxygens (including phenoxy) is 1. The van der Waals surface area contributed by atoms with Crippen molar-refractivity contribution in [3.05, 3.63) is 59.2 Å². The smallest absolute Gasteiger partial charge is 0.401 e. The molecule has 2 aromatic rings. The van der Waals surface area contributed by atoms with E-state index in [-0.39, 0.29) is 18.3 Å². The molecular weight excluding hydrogens is 424 g/mol. The Labute approximate surface area is 185 Å². The topological polar surface area (TPSA) is 35.9 Å². The van der Waals surface area contributed by atoms with Crippen LogP contribution in [0.3, 0.4) is 0 Å². The number of benzene rings is 2. The van der Waals surface area contributed by atoms with Gasteiger partial charge in [-0.05, 0) is 60.3 Å². The Morgan fingerprint density at radius 1 is 1.06 bits per heavy atom. The molecule has 2 aliphatic heterocycles. The van der Waals surface area contributed by atoms with E-state index < -0.39 is 18.8 Å². The molecule has 8 heteroatoms. The van der Waals surface area contributed by atoms with E-state index in [1.807, 2.05) is 12.1 Å². The van der Waals surface area contributed by atoms with Gasteiger partial charge in [0.25, 0.3) is 0 Å². The predicted octanol–water partition coefficient (Wildman–Crippen LogP) is 4.57. The maximum absolute atomic E-state index is 13.3. The summed E-state index contributed by atoms with van der Waals surface area (Å²) in [5.41, 5.74) is 2.42. The zero-order valence-electron chi connectivity index (χ0n) is 17.8. The molecule has 4 rings (SSSR count). The number of phenols is 1. The van der Waals surface area contributed by atoms with Crippen LogP contribution >= 0.6 is 0 Å². The molecule has 174 valence electrons. The predicted molar refractivity (Wildman–Crippen MR) is 114 cm³/mol. The van der Waals surface area contributed by atoms with E-state index in [9.17, 15) is 22.7 Å². The van der Waals surface area contributed by atoms with E-state index in [2.05, 4.69) is 4.90 Å². The molecule has 32 heavy (non-hydrogen) atoms. The molecular formula is C24H28F4N2O2. The molecule has 0 aromatic heterocycles. The average Bonchev–Trinajstić information content (AvgIpc) is 2.87.